The fourth-order valence-electron chi connectivity index (χ4n) is 1.76. The summed E-state index contributed by atoms with van der Waals surface area (Å²) in [6, 6.07) is 4.96. The standard InChI is InChI=1S/C12H17N3O2S/c1-3-8(13)6-12-14-10-5-4-9(18(2,16)17)7-11(10)15-12/h4-5,7-8H,3,6,13H2,1-2H3,(H,14,15). The molecule has 0 saturated heterocycles. The normalized spacial score (nSPS) is 13.9. The zero-order valence-electron chi connectivity index (χ0n) is 10.5. The molecule has 1 unspecified atom stereocenters. The Bertz CT molecular complexity index is 661. The molecule has 6 heteroatoms. The largest absolute Gasteiger partial charge is 0.342 e. The number of fused-ring (bicyclic) bond motifs is 1. The summed E-state index contributed by atoms with van der Waals surface area (Å²) in [5.41, 5.74) is 7.37. The lowest BCUT2D eigenvalue weighted by atomic mass is 10.2. The first-order chi connectivity index (χ1) is 8.40. The molecule has 1 aromatic carbocycles. The molecule has 0 aliphatic carbocycles. The Balaban J connectivity index is 2.40. The summed E-state index contributed by atoms with van der Waals surface area (Å²) in [6.45, 7) is 2.02. The maximum atomic E-state index is 11.5. The highest BCUT2D eigenvalue weighted by Gasteiger charge is 2.11. The average Bonchev–Trinajstić information content (AvgIpc) is 2.68. The van der Waals surface area contributed by atoms with Crippen LogP contribution in [0.25, 0.3) is 11.0 Å². The number of H-pyrrole nitrogens is 1. The van der Waals surface area contributed by atoms with Crippen molar-refractivity contribution >= 4 is 20.9 Å². The van der Waals surface area contributed by atoms with Crippen molar-refractivity contribution in [1.82, 2.24) is 9.97 Å². The van der Waals surface area contributed by atoms with E-state index >= 15 is 0 Å². The molecule has 0 aliphatic rings. The average molecular weight is 267 g/mol. The number of nitrogens with zero attached hydrogens (tertiary/aromatic N) is 1. The van der Waals surface area contributed by atoms with Gasteiger partial charge in [0.1, 0.15) is 5.82 Å². The molecule has 0 fully saturated rings. The number of benzene rings is 1. The first-order valence-electron chi connectivity index (χ1n) is 5.84. The van der Waals surface area contributed by atoms with E-state index < -0.39 is 9.84 Å². The first-order valence-corrected chi connectivity index (χ1v) is 7.73. The van der Waals surface area contributed by atoms with E-state index in [1.807, 2.05) is 6.92 Å². The van der Waals surface area contributed by atoms with Gasteiger partial charge in [0.2, 0.25) is 0 Å². The first kappa shape index (κ1) is 13.0. The van der Waals surface area contributed by atoms with Crippen molar-refractivity contribution < 1.29 is 8.42 Å². The molecule has 0 amide bonds. The van der Waals surface area contributed by atoms with Crippen molar-refractivity contribution in [2.24, 2.45) is 5.73 Å². The van der Waals surface area contributed by atoms with E-state index in [0.29, 0.717) is 11.3 Å². The van der Waals surface area contributed by atoms with Crippen LogP contribution in [0, 0.1) is 0 Å². The molecular weight excluding hydrogens is 250 g/mol. The third kappa shape index (κ3) is 2.70. The molecule has 1 aromatic heterocycles. The van der Waals surface area contributed by atoms with Gasteiger partial charge in [0.05, 0.1) is 15.9 Å². The van der Waals surface area contributed by atoms with Crippen molar-refractivity contribution in [3.63, 3.8) is 0 Å². The number of hydrogen-bond donors (Lipinski definition) is 2. The molecule has 0 saturated carbocycles. The third-order valence-electron chi connectivity index (χ3n) is 2.91. The Morgan fingerprint density at radius 1 is 1.44 bits per heavy atom. The number of imidazole rings is 1. The van der Waals surface area contributed by atoms with Crippen LogP contribution in [0.2, 0.25) is 0 Å². The Morgan fingerprint density at radius 3 is 2.78 bits per heavy atom. The smallest absolute Gasteiger partial charge is 0.175 e. The lowest BCUT2D eigenvalue weighted by Gasteiger charge is -2.04. The number of hydrogen-bond acceptors (Lipinski definition) is 4. The van der Waals surface area contributed by atoms with Crippen molar-refractivity contribution in [3.8, 4) is 0 Å². The highest BCUT2D eigenvalue weighted by Crippen LogP contribution is 2.17. The lowest BCUT2D eigenvalue weighted by Crippen LogP contribution is -2.21. The highest BCUT2D eigenvalue weighted by molar-refractivity contribution is 7.90. The number of nitrogens with one attached hydrogen (secondary N) is 1. The number of rotatable bonds is 4. The molecule has 18 heavy (non-hydrogen) atoms. The molecule has 3 N–H and O–H groups in total. The zero-order chi connectivity index (χ0) is 13.3. The van der Waals surface area contributed by atoms with Crippen LogP contribution in [-0.4, -0.2) is 30.7 Å². The van der Waals surface area contributed by atoms with Crippen LogP contribution in [0.5, 0.6) is 0 Å². The second kappa shape index (κ2) is 4.70. The molecule has 0 aliphatic heterocycles. The molecule has 2 aromatic rings. The Kier molecular flexibility index (Phi) is 3.41. The summed E-state index contributed by atoms with van der Waals surface area (Å²) >= 11 is 0. The number of aromatic nitrogens is 2. The van der Waals surface area contributed by atoms with Crippen LogP contribution in [0.15, 0.2) is 23.1 Å². The Hall–Kier alpha value is -1.40. The van der Waals surface area contributed by atoms with E-state index in [-0.39, 0.29) is 6.04 Å². The van der Waals surface area contributed by atoms with Crippen molar-refractivity contribution in [1.29, 1.82) is 0 Å². The maximum Gasteiger partial charge on any atom is 0.175 e. The van der Waals surface area contributed by atoms with Gasteiger partial charge in [0.15, 0.2) is 9.84 Å². The van der Waals surface area contributed by atoms with E-state index in [0.717, 1.165) is 23.3 Å². The fraction of sp³-hybridized carbons (Fsp3) is 0.417. The van der Waals surface area contributed by atoms with Gasteiger partial charge in [0.25, 0.3) is 0 Å². The van der Waals surface area contributed by atoms with E-state index in [4.69, 9.17) is 5.73 Å². The summed E-state index contributed by atoms with van der Waals surface area (Å²) in [6.07, 6.45) is 2.74. The van der Waals surface area contributed by atoms with E-state index in [1.165, 1.54) is 6.26 Å². The summed E-state index contributed by atoms with van der Waals surface area (Å²) in [4.78, 5) is 7.81. The Labute approximate surface area is 106 Å². The highest BCUT2D eigenvalue weighted by atomic mass is 32.2. The summed E-state index contributed by atoms with van der Waals surface area (Å²) in [7, 11) is -3.19. The number of aromatic amines is 1. The molecular formula is C12H17N3O2S. The second-order valence-electron chi connectivity index (χ2n) is 4.51. The minimum absolute atomic E-state index is 0.0694. The van der Waals surface area contributed by atoms with Gasteiger partial charge in [-0.2, -0.15) is 0 Å². The zero-order valence-corrected chi connectivity index (χ0v) is 11.3. The molecule has 98 valence electrons. The fourth-order valence-corrected chi connectivity index (χ4v) is 2.41. The third-order valence-corrected chi connectivity index (χ3v) is 4.02. The lowest BCUT2D eigenvalue weighted by molar-refractivity contribution is 0.602. The summed E-state index contributed by atoms with van der Waals surface area (Å²) in [5.74, 6) is 0.796. The van der Waals surface area contributed by atoms with Gasteiger partial charge in [-0.3, -0.25) is 0 Å². The van der Waals surface area contributed by atoms with Gasteiger partial charge in [-0.05, 0) is 24.6 Å². The molecule has 0 spiro atoms. The van der Waals surface area contributed by atoms with Crippen molar-refractivity contribution in [2.75, 3.05) is 6.26 Å². The quantitative estimate of drug-likeness (QED) is 0.872. The second-order valence-corrected chi connectivity index (χ2v) is 6.52. The van der Waals surface area contributed by atoms with Gasteiger partial charge >= 0.3 is 0 Å². The van der Waals surface area contributed by atoms with Crippen molar-refractivity contribution in [2.45, 2.75) is 30.7 Å². The van der Waals surface area contributed by atoms with Crippen LogP contribution in [0.3, 0.4) is 0 Å². The molecule has 5 nitrogen and oxygen atoms in total. The van der Waals surface area contributed by atoms with Gasteiger partial charge in [-0.15, -0.1) is 0 Å². The molecule has 0 bridgehead atoms. The Morgan fingerprint density at radius 2 is 2.17 bits per heavy atom. The van der Waals surface area contributed by atoms with Crippen LogP contribution in [0.1, 0.15) is 19.2 Å². The van der Waals surface area contributed by atoms with E-state index in [9.17, 15) is 8.42 Å². The van der Waals surface area contributed by atoms with Gasteiger partial charge in [0, 0.05) is 18.7 Å². The predicted molar refractivity (Wildman–Crippen MR) is 71.2 cm³/mol. The number of sulfone groups is 1. The minimum Gasteiger partial charge on any atom is -0.342 e. The van der Waals surface area contributed by atoms with Crippen molar-refractivity contribution in [3.05, 3.63) is 24.0 Å². The number of nitrogens with two attached hydrogens (primary N) is 1. The molecule has 2 rings (SSSR count). The summed E-state index contributed by atoms with van der Waals surface area (Å²) in [5, 5.41) is 0. The summed E-state index contributed by atoms with van der Waals surface area (Å²) < 4.78 is 22.9. The molecule has 0 radical (unpaired) electrons. The molecule has 1 heterocycles. The van der Waals surface area contributed by atoms with Crippen LogP contribution < -0.4 is 5.73 Å². The monoisotopic (exact) mass is 267 g/mol. The van der Waals surface area contributed by atoms with Crippen LogP contribution >= 0.6 is 0 Å². The SMILES string of the molecule is CCC(N)Cc1nc2ccc(S(C)(=O)=O)cc2[nH]1. The van der Waals surface area contributed by atoms with Gasteiger partial charge in [-0.1, -0.05) is 6.92 Å². The van der Waals surface area contributed by atoms with E-state index in [1.54, 1.807) is 18.2 Å². The van der Waals surface area contributed by atoms with Crippen LogP contribution in [0.4, 0.5) is 0 Å². The van der Waals surface area contributed by atoms with Gasteiger partial charge in [-0.25, -0.2) is 13.4 Å². The topological polar surface area (TPSA) is 88.8 Å². The van der Waals surface area contributed by atoms with Gasteiger partial charge < -0.3 is 10.7 Å². The predicted octanol–water partition coefficient (Wildman–Crippen LogP) is 1.25. The maximum absolute atomic E-state index is 11.5. The minimum atomic E-state index is -3.19. The molecule has 1 atom stereocenters. The van der Waals surface area contributed by atoms with E-state index in [2.05, 4.69) is 9.97 Å². The van der Waals surface area contributed by atoms with Crippen LogP contribution in [-0.2, 0) is 16.3 Å².